The van der Waals surface area contributed by atoms with Crippen LogP contribution >= 0.6 is 0 Å². The average molecular weight is 446 g/mol. The summed E-state index contributed by atoms with van der Waals surface area (Å²) in [5.74, 6) is 1.27. The molecule has 1 amide bonds. The molecule has 0 bridgehead atoms. The van der Waals surface area contributed by atoms with E-state index in [1.807, 2.05) is 69.3 Å². The third-order valence-corrected chi connectivity index (χ3v) is 5.27. The van der Waals surface area contributed by atoms with Crippen molar-refractivity contribution in [1.82, 2.24) is 25.2 Å². The maximum atomic E-state index is 12.5. The van der Waals surface area contributed by atoms with Crippen molar-refractivity contribution in [2.45, 2.75) is 33.9 Å². The fourth-order valence-electron chi connectivity index (χ4n) is 3.45. The Bertz CT molecular complexity index is 1260. The van der Waals surface area contributed by atoms with Crippen molar-refractivity contribution < 1.29 is 9.32 Å². The molecule has 0 atom stereocenters. The first-order valence-electron chi connectivity index (χ1n) is 10.8. The van der Waals surface area contributed by atoms with Gasteiger partial charge in [-0.05, 0) is 31.9 Å². The van der Waals surface area contributed by atoms with Crippen LogP contribution in [0, 0.1) is 13.8 Å². The zero-order valence-corrected chi connectivity index (χ0v) is 18.9. The Morgan fingerprint density at radius 2 is 1.88 bits per heavy atom. The standard InChI is InChI=1S/C24H27N7O2/c1-4-26-23-20(24-28-22(30-33-24)18-8-6-5-7-16(18)3)21(25)31(29-23)14-19(32)27-13-17-11-9-15(2)10-12-17/h5-12H,4,13-14,25H2,1-3H3,(H,26,29)(H,27,32). The minimum absolute atomic E-state index is 0.0329. The second kappa shape index (κ2) is 9.56. The summed E-state index contributed by atoms with van der Waals surface area (Å²) < 4.78 is 6.97. The summed E-state index contributed by atoms with van der Waals surface area (Å²) in [6, 6.07) is 15.8. The highest BCUT2D eigenvalue weighted by atomic mass is 16.5. The van der Waals surface area contributed by atoms with Gasteiger partial charge < -0.3 is 20.9 Å². The molecule has 2 aromatic heterocycles. The van der Waals surface area contributed by atoms with Crippen molar-refractivity contribution >= 4 is 17.5 Å². The van der Waals surface area contributed by atoms with Crippen LogP contribution < -0.4 is 16.4 Å². The molecule has 0 spiro atoms. The molecule has 9 nitrogen and oxygen atoms in total. The number of rotatable bonds is 8. The molecule has 170 valence electrons. The Kier molecular flexibility index (Phi) is 6.39. The van der Waals surface area contributed by atoms with Gasteiger partial charge in [0, 0.05) is 18.7 Å². The van der Waals surface area contributed by atoms with Gasteiger partial charge in [0.2, 0.25) is 11.7 Å². The Morgan fingerprint density at radius 1 is 1.12 bits per heavy atom. The molecule has 0 saturated heterocycles. The van der Waals surface area contributed by atoms with Crippen LogP contribution in [0.5, 0.6) is 0 Å². The molecule has 0 aliphatic rings. The first kappa shape index (κ1) is 22.1. The molecule has 4 rings (SSSR count). The van der Waals surface area contributed by atoms with E-state index in [1.54, 1.807) is 0 Å². The molecule has 33 heavy (non-hydrogen) atoms. The van der Waals surface area contributed by atoms with Crippen molar-refractivity contribution in [3.8, 4) is 22.8 Å². The molecular weight excluding hydrogens is 418 g/mol. The monoisotopic (exact) mass is 445 g/mol. The highest BCUT2D eigenvalue weighted by Crippen LogP contribution is 2.33. The van der Waals surface area contributed by atoms with Crippen LogP contribution in [0.1, 0.15) is 23.6 Å². The predicted molar refractivity (Wildman–Crippen MR) is 127 cm³/mol. The van der Waals surface area contributed by atoms with Gasteiger partial charge >= 0.3 is 0 Å². The summed E-state index contributed by atoms with van der Waals surface area (Å²) in [6.07, 6.45) is 0. The Labute approximate surface area is 192 Å². The Morgan fingerprint density at radius 3 is 2.61 bits per heavy atom. The lowest BCUT2D eigenvalue weighted by atomic mass is 10.1. The summed E-state index contributed by atoms with van der Waals surface area (Å²) in [7, 11) is 0. The van der Waals surface area contributed by atoms with Gasteiger partial charge in [-0.3, -0.25) is 4.79 Å². The van der Waals surface area contributed by atoms with Crippen LogP contribution in [0.4, 0.5) is 11.6 Å². The molecule has 9 heteroatoms. The van der Waals surface area contributed by atoms with Crippen LogP contribution in [0.25, 0.3) is 22.8 Å². The second-order valence-corrected chi connectivity index (χ2v) is 7.80. The van der Waals surface area contributed by atoms with E-state index in [1.165, 1.54) is 10.2 Å². The summed E-state index contributed by atoms with van der Waals surface area (Å²) in [4.78, 5) is 17.1. The van der Waals surface area contributed by atoms with Crippen molar-refractivity contribution in [1.29, 1.82) is 0 Å². The topological polar surface area (TPSA) is 124 Å². The third kappa shape index (κ3) is 4.87. The zero-order valence-electron chi connectivity index (χ0n) is 18.9. The summed E-state index contributed by atoms with van der Waals surface area (Å²) in [5, 5.41) is 14.7. The van der Waals surface area contributed by atoms with Gasteiger partial charge in [0.05, 0.1) is 0 Å². The fourth-order valence-corrected chi connectivity index (χ4v) is 3.45. The van der Waals surface area contributed by atoms with Gasteiger partial charge in [0.25, 0.3) is 5.89 Å². The van der Waals surface area contributed by atoms with Gasteiger partial charge in [0.1, 0.15) is 17.9 Å². The minimum Gasteiger partial charge on any atom is -0.383 e. The second-order valence-electron chi connectivity index (χ2n) is 7.80. The summed E-state index contributed by atoms with van der Waals surface area (Å²) in [5.41, 5.74) is 10.9. The molecule has 0 saturated carbocycles. The van der Waals surface area contributed by atoms with Crippen molar-refractivity contribution in [2.24, 2.45) is 0 Å². The number of aromatic nitrogens is 4. The van der Waals surface area contributed by atoms with Crippen molar-refractivity contribution in [3.63, 3.8) is 0 Å². The Balaban J connectivity index is 1.55. The fraction of sp³-hybridized carbons (Fsp3) is 0.250. The van der Waals surface area contributed by atoms with E-state index in [-0.39, 0.29) is 24.2 Å². The first-order valence-corrected chi connectivity index (χ1v) is 10.8. The lowest BCUT2D eigenvalue weighted by Crippen LogP contribution is -2.28. The lowest BCUT2D eigenvalue weighted by Gasteiger charge is -2.07. The number of amides is 1. The number of hydrogen-bond acceptors (Lipinski definition) is 7. The predicted octanol–water partition coefficient (Wildman–Crippen LogP) is 3.55. The molecule has 0 aliphatic heterocycles. The largest absolute Gasteiger partial charge is 0.383 e. The molecule has 0 radical (unpaired) electrons. The highest BCUT2D eigenvalue weighted by Gasteiger charge is 2.24. The van der Waals surface area contributed by atoms with Crippen LogP contribution in [-0.2, 0) is 17.9 Å². The number of nitrogens with one attached hydrogen (secondary N) is 2. The minimum atomic E-state index is -0.203. The molecule has 0 fully saturated rings. The number of carbonyl (C=O) groups excluding carboxylic acids is 1. The van der Waals surface area contributed by atoms with E-state index >= 15 is 0 Å². The number of benzene rings is 2. The molecule has 0 unspecified atom stereocenters. The summed E-state index contributed by atoms with van der Waals surface area (Å²) >= 11 is 0. The maximum Gasteiger partial charge on any atom is 0.265 e. The van der Waals surface area contributed by atoms with E-state index in [2.05, 4.69) is 25.9 Å². The molecule has 2 aromatic carbocycles. The zero-order chi connectivity index (χ0) is 23.4. The number of nitrogens with zero attached hydrogens (tertiary/aromatic N) is 4. The van der Waals surface area contributed by atoms with E-state index in [0.717, 1.165) is 16.7 Å². The first-order chi connectivity index (χ1) is 16.0. The molecule has 2 heterocycles. The van der Waals surface area contributed by atoms with E-state index in [9.17, 15) is 4.79 Å². The quantitative estimate of drug-likeness (QED) is 0.379. The summed E-state index contributed by atoms with van der Waals surface area (Å²) in [6.45, 7) is 6.96. The molecular formula is C24H27N7O2. The van der Waals surface area contributed by atoms with Crippen LogP contribution in [-0.4, -0.2) is 32.4 Å². The van der Waals surface area contributed by atoms with Crippen LogP contribution in [0.3, 0.4) is 0 Å². The van der Waals surface area contributed by atoms with Gasteiger partial charge in [-0.1, -0.05) is 59.3 Å². The smallest absolute Gasteiger partial charge is 0.265 e. The van der Waals surface area contributed by atoms with Crippen molar-refractivity contribution in [3.05, 3.63) is 65.2 Å². The number of hydrogen-bond donors (Lipinski definition) is 3. The van der Waals surface area contributed by atoms with Gasteiger partial charge in [0.15, 0.2) is 5.82 Å². The number of aryl methyl sites for hydroxylation is 2. The average Bonchev–Trinajstić information content (AvgIpc) is 3.39. The normalized spacial score (nSPS) is 10.9. The van der Waals surface area contributed by atoms with Crippen molar-refractivity contribution in [2.75, 3.05) is 17.6 Å². The maximum absolute atomic E-state index is 12.5. The van der Waals surface area contributed by atoms with E-state index < -0.39 is 0 Å². The van der Waals surface area contributed by atoms with E-state index in [0.29, 0.717) is 30.3 Å². The number of nitrogens with two attached hydrogens (primary N) is 1. The number of carbonyl (C=O) groups is 1. The van der Waals surface area contributed by atoms with Gasteiger partial charge in [-0.2, -0.15) is 10.1 Å². The Hall–Kier alpha value is -4.14. The number of anilines is 2. The SMILES string of the molecule is CCNc1nn(CC(=O)NCc2ccc(C)cc2)c(N)c1-c1nc(-c2ccccc2C)no1. The highest BCUT2D eigenvalue weighted by molar-refractivity contribution is 5.82. The molecule has 0 aliphatic carbocycles. The van der Waals surface area contributed by atoms with E-state index in [4.69, 9.17) is 10.3 Å². The third-order valence-electron chi connectivity index (χ3n) is 5.27. The number of nitrogen functional groups attached to an aromatic ring is 1. The van der Waals surface area contributed by atoms with Gasteiger partial charge in [-0.15, -0.1) is 0 Å². The molecule has 4 N–H and O–H groups in total. The van der Waals surface area contributed by atoms with Crippen LogP contribution in [0.15, 0.2) is 53.1 Å². The van der Waals surface area contributed by atoms with Crippen LogP contribution in [0.2, 0.25) is 0 Å². The lowest BCUT2D eigenvalue weighted by molar-refractivity contribution is -0.121. The molecule has 4 aromatic rings. The van der Waals surface area contributed by atoms with Gasteiger partial charge in [-0.25, -0.2) is 4.68 Å².